The van der Waals surface area contributed by atoms with Crippen molar-refractivity contribution in [1.82, 2.24) is 0 Å². The molecule has 3 nitrogen and oxygen atoms in total. The third-order valence-corrected chi connectivity index (χ3v) is 2.13. The Labute approximate surface area is 49.7 Å². The molecule has 1 saturated heterocycles. The van der Waals surface area contributed by atoms with Crippen molar-refractivity contribution in [2.24, 2.45) is 0 Å². The number of hydrogen-bond acceptors (Lipinski definition) is 3. The first-order chi connectivity index (χ1) is 3.70. The van der Waals surface area contributed by atoms with Crippen LogP contribution in [0.2, 0.25) is 0 Å². The van der Waals surface area contributed by atoms with Crippen molar-refractivity contribution >= 4 is 17.0 Å². The average Bonchev–Trinajstić information content (AvgIpc) is 1.85. The second-order valence-electron chi connectivity index (χ2n) is 1.73. The highest BCUT2D eigenvalue weighted by molar-refractivity contribution is 7.81. The predicted octanol–water partition coefficient (Wildman–Crippen LogP) is -0.0145. The highest BCUT2D eigenvalue weighted by Crippen LogP contribution is 2.12. The summed E-state index contributed by atoms with van der Waals surface area (Å²) in [5.41, 5.74) is 0. The second kappa shape index (κ2) is 1.85. The van der Waals surface area contributed by atoms with Crippen LogP contribution in [0.5, 0.6) is 0 Å². The van der Waals surface area contributed by atoms with Crippen molar-refractivity contribution < 1.29 is 13.2 Å². The minimum Gasteiger partial charge on any atom is -0.364 e. The lowest BCUT2D eigenvalue weighted by Crippen LogP contribution is -1.99. The Balaban J connectivity index is 2.64. The molecule has 1 aliphatic rings. The highest BCUT2D eigenvalue weighted by atomic mass is 32.2. The summed E-state index contributed by atoms with van der Waals surface area (Å²) in [5.74, 6) is -0.351. The molecule has 0 aliphatic carbocycles. The maximum absolute atomic E-state index is 10.5. The van der Waals surface area contributed by atoms with Gasteiger partial charge in [0, 0.05) is 0 Å². The molecule has 1 heterocycles. The smallest absolute Gasteiger partial charge is 0.321 e. The monoisotopic (exact) mass is 134 g/mol. The van der Waals surface area contributed by atoms with Crippen molar-refractivity contribution in [3.8, 4) is 0 Å². The van der Waals surface area contributed by atoms with Gasteiger partial charge in [-0.05, 0) is 6.92 Å². The molecule has 0 aromatic carbocycles. The van der Waals surface area contributed by atoms with Crippen molar-refractivity contribution in [2.45, 2.75) is 18.6 Å². The molecule has 0 N–H and O–H groups in total. The van der Waals surface area contributed by atoms with Crippen molar-refractivity contribution in [3.05, 3.63) is 0 Å². The van der Waals surface area contributed by atoms with E-state index in [0.717, 1.165) is 0 Å². The number of hydrogen-bond donors (Lipinski definition) is 0. The molecule has 2 unspecified atom stereocenters. The first-order valence-electron chi connectivity index (χ1n) is 2.32. The summed E-state index contributed by atoms with van der Waals surface area (Å²) in [6.07, 6.45) is 0.298. The van der Waals surface area contributed by atoms with Crippen LogP contribution in [0, 0.1) is 0 Å². The lowest BCUT2D eigenvalue weighted by molar-refractivity contribution is -0.131. The maximum atomic E-state index is 10.5. The van der Waals surface area contributed by atoms with Crippen LogP contribution in [0.4, 0.5) is 0 Å². The lowest BCUT2D eigenvalue weighted by Gasteiger charge is -1.88. The van der Waals surface area contributed by atoms with Crippen LogP contribution in [0.25, 0.3) is 0 Å². The Kier molecular flexibility index (Phi) is 1.33. The van der Waals surface area contributed by atoms with E-state index in [4.69, 9.17) is 0 Å². The quantitative estimate of drug-likeness (QED) is 0.468. The molecule has 0 saturated carbocycles. The van der Waals surface area contributed by atoms with Gasteiger partial charge in [0.25, 0.3) is 0 Å². The highest BCUT2D eigenvalue weighted by Gasteiger charge is 2.27. The molecule has 46 valence electrons. The Morgan fingerprint density at radius 1 is 1.88 bits per heavy atom. The zero-order valence-corrected chi connectivity index (χ0v) is 5.23. The Morgan fingerprint density at radius 2 is 2.50 bits per heavy atom. The lowest BCUT2D eigenvalue weighted by atomic mass is 10.3. The van der Waals surface area contributed by atoms with Gasteiger partial charge in [0.2, 0.25) is 11.1 Å². The minimum absolute atomic E-state index is 0.109. The fourth-order valence-electron chi connectivity index (χ4n) is 0.511. The SMILES string of the molecule is CC1CC(=O)OS1=O. The van der Waals surface area contributed by atoms with E-state index >= 15 is 0 Å². The van der Waals surface area contributed by atoms with Crippen molar-refractivity contribution in [1.29, 1.82) is 0 Å². The van der Waals surface area contributed by atoms with Gasteiger partial charge in [0.15, 0.2) is 0 Å². The molecular formula is C4H6O3S. The molecule has 0 amide bonds. The molecule has 1 rings (SSSR count). The first kappa shape index (κ1) is 5.75. The van der Waals surface area contributed by atoms with Gasteiger partial charge in [0.05, 0.1) is 11.7 Å². The molecular weight excluding hydrogens is 128 g/mol. The van der Waals surface area contributed by atoms with Gasteiger partial charge in [-0.2, -0.15) is 0 Å². The van der Waals surface area contributed by atoms with E-state index in [9.17, 15) is 9.00 Å². The van der Waals surface area contributed by atoms with Crippen LogP contribution in [-0.4, -0.2) is 15.4 Å². The average molecular weight is 134 g/mol. The van der Waals surface area contributed by atoms with Crippen molar-refractivity contribution in [2.75, 3.05) is 0 Å². The van der Waals surface area contributed by atoms with Crippen LogP contribution in [-0.2, 0) is 20.1 Å². The summed E-state index contributed by atoms with van der Waals surface area (Å²) in [4.78, 5) is 10.2. The standard InChI is InChI=1S/C4H6O3S/c1-3-2-4(5)7-8(3)6/h3H,2H2,1H3. The van der Waals surface area contributed by atoms with Crippen LogP contribution in [0.15, 0.2) is 0 Å². The molecule has 2 atom stereocenters. The third-order valence-electron chi connectivity index (χ3n) is 0.958. The first-order valence-corrected chi connectivity index (χ1v) is 3.45. The summed E-state index contributed by atoms with van der Waals surface area (Å²) in [6.45, 7) is 1.72. The van der Waals surface area contributed by atoms with E-state index < -0.39 is 11.1 Å². The van der Waals surface area contributed by atoms with Crippen LogP contribution >= 0.6 is 0 Å². The zero-order chi connectivity index (χ0) is 6.15. The van der Waals surface area contributed by atoms with Gasteiger partial charge in [-0.15, -0.1) is 0 Å². The van der Waals surface area contributed by atoms with Gasteiger partial charge < -0.3 is 4.18 Å². The van der Waals surface area contributed by atoms with E-state index in [2.05, 4.69) is 4.18 Å². The molecule has 4 heteroatoms. The Hall–Kier alpha value is -0.380. The molecule has 0 aromatic heterocycles. The normalized spacial score (nSPS) is 37.4. The van der Waals surface area contributed by atoms with Crippen LogP contribution < -0.4 is 0 Å². The molecule has 8 heavy (non-hydrogen) atoms. The second-order valence-corrected chi connectivity index (χ2v) is 3.22. The summed E-state index contributed by atoms with van der Waals surface area (Å²) in [5, 5.41) is -0.109. The summed E-state index contributed by atoms with van der Waals surface area (Å²) >= 11 is -1.35. The molecule has 1 aliphatic heterocycles. The molecule has 0 spiro atoms. The zero-order valence-electron chi connectivity index (χ0n) is 4.42. The summed E-state index contributed by atoms with van der Waals surface area (Å²) in [7, 11) is 0. The van der Waals surface area contributed by atoms with Crippen molar-refractivity contribution in [3.63, 3.8) is 0 Å². The third kappa shape index (κ3) is 0.888. The van der Waals surface area contributed by atoms with E-state index in [1.54, 1.807) is 6.92 Å². The largest absolute Gasteiger partial charge is 0.364 e. The molecule has 1 fully saturated rings. The van der Waals surface area contributed by atoms with Gasteiger partial charge in [-0.1, -0.05) is 0 Å². The Morgan fingerprint density at radius 3 is 2.62 bits per heavy atom. The Bertz CT molecular complexity index is 142. The summed E-state index contributed by atoms with van der Waals surface area (Å²) in [6, 6.07) is 0. The topological polar surface area (TPSA) is 43.4 Å². The molecule has 0 radical (unpaired) electrons. The van der Waals surface area contributed by atoms with Gasteiger partial charge in [-0.25, -0.2) is 4.21 Å². The molecule has 0 bridgehead atoms. The van der Waals surface area contributed by atoms with Gasteiger partial charge in [0.1, 0.15) is 0 Å². The number of rotatable bonds is 0. The van der Waals surface area contributed by atoms with Crippen LogP contribution in [0.3, 0.4) is 0 Å². The van der Waals surface area contributed by atoms with E-state index in [1.165, 1.54) is 0 Å². The molecule has 0 aromatic rings. The van der Waals surface area contributed by atoms with E-state index in [-0.39, 0.29) is 11.2 Å². The van der Waals surface area contributed by atoms with Crippen LogP contribution in [0.1, 0.15) is 13.3 Å². The predicted molar refractivity (Wildman–Crippen MR) is 28.3 cm³/mol. The fourth-order valence-corrected chi connectivity index (χ4v) is 1.20. The van der Waals surface area contributed by atoms with E-state index in [0.29, 0.717) is 6.42 Å². The fraction of sp³-hybridized carbons (Fsp3) is 0.750. The minimum atomic E-state index is -1.35. The van der Waals surface area contributed by atoms with E-state index in [1.807, 2.05) is 0 Å². The summed E-state index contributed by atoms with van der Waals surface area (Å²) < 4.78 is 14.8. The maximum Gasteiger partial charge on any atom is 0.321 e. The van der Waals surface area contributed by atoms with Gasteiger partial charge >= 0.3 is 5.97 Å². The number of carbonyl (C=O) groups excluding carboxylic acids is 1. The van der Waals surface area contributed by atoms with Gasteiger partial charge in [-0.3, -0.25) is 4.79 Å². The number of carbonyl (C=O) groups is 1.